The molecule has 5 nitrogen and oxygen atoms in total. The van der Waals surface area contributed by atoms with E-state index in [1.807, 2.05) is 6.07 Å². The van der Waals surface area contributed by atoms with E-state index in [1.165, 1.54) is 0 Å². The lowest BCUT2D eigenvalue weighted by atomic mass is 10.1. The summed E-state index contributed by atoms with van der Waals surface area (Å²) < 4.78 is 0. The molecule has 0 spiro atoms. The first-order valence-corrected chi connectivity index (χ1v) is 5.91. The number of aromatic nitrogens is 1. The number of carbonyl (C=O) groups is 2. The molecule has 1 aromatic heterocycles. The second-order valence-electron chi connectivity index (χ2n) is 4.17. The van der Waals surface area contributed by atoms with Crippen molar-refractivity contribution in [3.8, 4) is 12.3 Å². The molecule has 0 bridgehead atoms. The maximum atomic E-state index is 12.3. The number of rotatable bonds is 4. The van der Waals surface area contributed by atoms with Crippen LogP contribution in [-0.2, 0) is 4.79 Å². The number of aliphatic carboxylic acids is 1. The third-order valence-corrected chi connectivity index (χ3v) is 2.75. The van der Waals surface area contributed by atoms with Crippen LogP contribution in [0.2, 0.25) is 0 Å². The smallest absolute Gasteiger partial charge is 0.323 e. The second-order valence-corrected chi connectivity index (χ2v) is 4.17. The standard InChI is InChI=1S/C15H12N2O3/c1-2-8-17(10-14(18)19)15(20)12-5-6-13-11(9-12)4-3-7-16-13/h1,3-7,9H,8,10H2,(H,18,19). The van der Waals surface area contributed by atoms with E-state index in [0.717, 1.165) is 15.8 Å². The number of terminal acetylenes is 1. The van der Waals surface area contributed by atoms with Crippen molar-refractivity contribution in [1.29, 1.82) is 0 Å². The van der Waals surface area contributed by atoms with Crippen LogP contribution in [0.1, 0.15) is 10.4 Å². The predicted molar refractivity (Wildman–Crippen MR) is 74.1 cm³/mol. The molecule has 1 heterocycles. The molecule has 0 unspecified atom stereocenters. The molecule has 0 radical (unpaired) electrons. The molecule has 5 heteroatoms. The van der Waals surface area contributed by atoms with Gasteiger partial charge in [-0.1, -0.05) is 12.0 Å². The van der Waals surface area contributed by atoms with E-state index in [2.05, 4.69) is 10.9 Å². The van der Waals surface area contributed by atoms with Crippen LogP contribution in [0.5, 0.6) is 0 Å². The molecule has 0 fully saturated rings. The largest absolute Gasteiger partial charge is 0.480 e. The van der Waals surface area contributed by atoms with E-state index in [9.17, 15) is 9.59 Å². The Morgan fingerprint density at radius 1 is 1.35 bits per heavy atom. The Morgan fingerprint density at radius 3 is 2.85 bits per heavy atom. The highest BCUT2D eigenvalue weighted by Crippen LogP contribution is 2.14. The molecule has 100 valence electrons. The lowest BCUT2D eigenvalue weighted by Crippen LogP contribution is -2.35. The molecule has 0 saturated carbocycles. The van der Waals surface area contributed by atoms with Crippen molar-refractivity contribution >= 4 is 22.8 Å². The van der Waals surface area contributed by atoms with Gasteiger partial charge in [0.2, 0.25) is 0 Å². The van der Waals surface area contributed by atoms with Gasteiger partial charge in [-0.15, -0.1) is 6.42 Å². The summed E-state index contributed by atoms with van der Waals surface area (Å²) in [5.41, 5.74) is 1.16. The SMILES string of the molecule is C#CCN(CC(=O)O)C(=O)c1ccc2ncccc2c1. The van der Waals surface area contributed by atoms with Gasteiger partial charge in [-0.05, 0) is 24.3 Å². The summed E-state index contributed by atoms with van der Waals surface area (Å²) in [5.74, 6) is 0.783. The highest BCUT2D eigenvalue weighted by atomic mass is 16.4. The third kappa shape index (κ3) is 2.93. The van der Waals surface area contributed by atoms with Crippen LogP contribution in [0.4, 0.5) is 0 Å². The Hall–Kier alpha value is -2.87. The number of benzene rings is 1. The third-order valence-electron chi connectivity index (χ3n) is 2.75. The molecule has 2 rings (SSSR count). The van der Waals surface area contributed by atoms with Gasteiger partial charge in [-0.2, -0.15) is 0 Å². The van der Waals surface area contributed by atoms with E-state index in [1.54, 1.807) is 30.5 Å². The molecule has 0 aliphatic rings. The summed E-state index contributed by atoms with van der Waals surface area (Å²) in [7, 11) is 0. The summed E-state index contributed by atoms with van der Waals surface area (Å²) in [6, 6.07) is 8.62. The van der Waals surface area contributed by atoms with Crippen LogP contribution in [0, 0.1) is 12.3 Å². The fraction of sp³-hybridized carbons (Fsp3) is 0.133. The maximum absolute atomic E-state index is 12.3. The number of carboxylic acid groups (broad SMARTS) is 1. The first-order valence-electron chi connectivity index (χ1n) is 5.91. The average Bonchev–Trinajstić information content (AvgIpc) is 2.45. The predicted octanol–water partition coefficient (Wildman–Crippen LogP) is 1.39. The van der Waals surface area contributed by atoms with Crippen molar-refractivity contribution in [2.75, 3.05) is 13.1 Å². The van der Waals surface area contributed by atoms with Crippen molar-refractivity contribution in [3.05, 3.63) is 42.1 Å². The van der Waals surface area contributed by atoms with Gasteiger partial charge in [0.05, 0.1) is 12.1 Å². The lowest BCUT2D eigenvalue weighted by Gasteiger charge is -2.18. The number of carbonyl (C=O) groups excluding carboxylic acids is 1. The van der Waals surface area contributed by atoms with Crippen LogP contribution in [-0.4, -0.2) is 40.0 Å². The Morgan fingerprint density at radius 2 is 2.15 bits per heavy atom. The molecule has 20 heavy (non-hydrogen) atoms. The average molecular weight is 268 g/mol. The van der Waals surface area contributed by atoms with E-state index in [0.29, 0.717) is 5.56 Å². The quantitative estimate of drug-likeness (QED) is 0.851. The minimum Gasteiger partial charge on any atom is -0.480 e. The van der Waals surface area contributed by atoms with E-state index < -0.39 is 18.4 Å². The topological polar surface area (TPSA) is 70.5 Å². The summed E-state index contributed by atoms with van der Waals surface area (Å²) in [5, 5.41) is 9.62. The normalized spacial score (nSPS) is 9.95. The number of hydrogen-bond acceptors (Lipinski definition) is 3. The fourth-order valence-corrected chi connectivity index (χ4v) is 1.86. The van der Waals surface area contributed by atoms with Gasteiger partial charge < -0.3 is 10.0 Å². The lowest BCUT2D eigenvalue weighted by molar-refractivity contribution is -0.137. The number of pyridine rings is 1. The molecule has 0 aliphatic heterocycles. The zero-order chi connectivity index (χ0) is 14.5. The number of amides is 1. The molecule has 0 saturated heterocycles. The second kappa shape index (κ2) is 5.85. The molecule has 0 aliphatic carbocycles. The molecular formula is C15H12N2O3. The van der Waals surface area contributed by atoms with Crippen molar-refractivity contribution in [3.63, 3.8) is 0 Å². The Bertz CT molecular complexity index is 704. The zero-order valence-electron chi connectivity index (χ0n) is 10.6. The van der Waals surface area contributed by atoms with Gasteiger partial charge in [0.1, 0.15) is 6.54 Å². The monoisotopic (exact) mass is 268 g/mol. The van der Waals surface area contributed by atoms with E-state index >= 15 is 0 Å². The molecule has 0 atom stereocenters. The van der Waals surface area contributed by atoms with E-state index in [4.69, 9.17) is 11.5 Å². The van der Waals surface area contributed by atoms with Gasteiger partial charge >= 0.3 is 5.97 Å². The van der Waals surface area contributed by atoms with Crippen LogP contribution < -0.4 is 0 Å². The minimum absolute atomic E-state index is 0.0454. The van der Waals surface area contributed by atoms with Gasteiger partial charge in [-0.25, -0.2) is 0 Å². The van der Waals surface area contributed by atoms with Crippen molar-refractivity contribution < 1.29 is 14.7 Å². The van der Waals surface area contributed by atoms with Crippen LogP contribution in [0.25, 0.3) is 10.9 Å². The summed E-state index contributed by atoms with van der Waals surface area (Å²) in [4.78, 5) is 28.3. The number of fused-ring (bicyclic) bond motifs is 1. The van der Waals surface area contributed by atoms with Gasteiger partial charge in [0.25, 0.3) is 5.91 Å². The first kappa shape index (κ1) is 13.6. The highest BCUT2D eigenvalue weighted by Gasteiger charge is 2.17. The number of carboxylic acids is 1. The number of nitrogens with zero attached hydrogens (tertiary/aromatic N) is 2. The molecule has 1 amide bonds. The van der Waals surface area contributed by atoms with Crippen LogP contribution in [0.3, 0.4) is 0 Å². The van der Waals surface area contributed by atoms with Crippen molar-refractivity contribution in [2.24, 2.45) is 0 Å². The van der Waals surface area contributed by atoms with Gasteiger partial charge in [0, 0.05) is 17.1 Å². The number of hydrogen-bond donors (Lipinski definition) is 1. The van der Waals surface area contributed by atoms with Crippen molar-refractivity contribution in [1.82, 2.24) is 9.88 Å². The van der Waals surface area contributed by atoms with Gasteiger partial charge in [0.15, 0.2) is 0 Å². The zero-order valence-corrected chi connectivity index (χ0v) is 10.6. The minimum atomic E-state index is -1.10. The summed E-state index contributed by atoms with van der Waals surface area (Å²) >= 11 is 0. The van der Waals surface area contributed by atoms with Crippen LogP contribution >= 0.6 is 0 Å². The Labute approximate surface area is 115 Å². The van der Waals surface area contributed by atoms with Gasteiger partial charge in [-0.3, -0.25) is 14.6 Å². The fourth-order valence-electron chi connectivity index (χ4n) is 1.86. The maximum Gasteiger partial charge on any atom is 0.323 e. The van der Waals surface area contributed by atoms with Crippen molar-refractivity contribution in [2.45, 2.75) is 0 Å². The molecule has 1 aromatic carbocycles. The van der Waals surface area contributed by atoms with Crippen LogP contribution in [0.15, 0.2) is 36.5 Å². The summed E-state index contributed by atoms with van der Waals surface area (Å²) in [6.07, 6.45) is 6.83. The molecular weight excluding hydrogens is 256 g/mol. The Balaban J connectivity index is 2.33. The highest BCUT2D eigenvalue weighted by molar-refractivity contribution is 5.99. The summed E-state index contributed by atoms with van der Waals surface area (Å²) in [6.45, 7) is -0.468. The first-order chi connectivity index (χ1) is 9.61. The molecule has 1 N–H and O–H groups in total. The molecule has 2 aromatic rings. The Kier molecular flexibility index (Phi) is 3.96. The van der Waals surface area contributed by atoms with E-state index in [-0.39, 0.29) is 6.54 Å².